The summed E-state index contributed by atoms with van der Waals surface area (Å²) >= 11 is 0. The van der Waals surface area contributed by atoms with Gasteiger partial charge in [-0.25, -0.2) is 4.79 Å². The molecule has 0 aliphatic carbocycles. The van der Waals surface area contributed by atoms with Crippen LogP contribution >= 0.6 is 0 Å². The van der Waals surface area contributed by atoms with E-state index in [0.717, 1.165) is 0 Å². The molecule has 0 bridgehead atoms. The van der Waals surface area contributed by atoms with Crippen LogP contribution in [-0.2, 0) is 49.3 Å². The van der Waals surface area contributed by atoms with E-state index in [1.165, 1.54) is 40.6 Å². The van der Waals surface area contributed by atoms with Crippen LogP contribution < -0.4 is 10.6 Å². The largest absolute Gasteiger partial charge is 0.472 e. The summed E-state index contributed by atoms with van der Waals surface area (Å²) in [4.78, 5) is 36.9. The predicted molar refractivity (Wildman–Crippen MR) is 132 cm³/mol. The summed E-state index contributed by atoms with van der Waals surface area (Å²) in [6.45, 7) is 5.81. The summed E-state index contributed by atoms with van der Waals surface area (Å²) in [6.07, 6.45) is -10.3. The average molecular weight is 573 g/mol. The van der Waals surface area contributed by atoms with Crippen LogP contribution in [0.1, 0.15) is 19.4 Å². The Morgan fingerprint density at radius 1 is 1.00 bits per heavy atom. The maximum Gasteiger partial charge on any atom is 0.333 e. The topological polar surface area (TPSA) is 204 Å². The lowest BCUT2D eigenvalue weighted by Gasteiger charge is -2.47. The van der Waals surface area contributed by atoms with Gasteiger partial charge in [-0.2, -0.15) is 0 Å². The number of rotatable bonds is 11. The number of amides is 2. The highest BCUT2D eigenvalue weighted by molar-refractivity contribution is 5.86. The molecule has 2 aliphatic heterocycles. The monoisotopic (exact) mass is 572 g/mol. The Labute approximate surface area is 230 Å². The number of carbonyl (C=O) groups excluding carboxylic acids is 3. The van der Waals surface area contributed by atoms with Crippen LogP contribution in [0.5, 0.6) is 0 Å². The van der Waals surface area contributed by atoms with E-state index >= 15 is 0 Å². The van der Waals surface area contributed by atoms with Crippen molar-refractivity contribution in [1.82, 2.24) is 10.6 Å². The normalized spacial score (nSPS) is 34.1. The summed E-state index contributed by atoms with van der Waals surface area (Å²) in [6, 6.07) is 0.498. The van der Waals surface area contributed by atoms with Gasteiger partial charge in [0, 0.05) is 38.8 Å². The fourth-order valence-corrected chi connectivity index (χ4v) is 4.35. The molecule has 0 aromatic carbocycles. The molecule has 0 spiro atoms. The number of hydrogen-bond acceptors (Lipinski definition) is 13. The summed E-state index contributed by atoms with van der Waals surface area (Å²) in [5.74, 6) is -1.93. The van der Waals surface area contributed by atoms with Crippen LogP contribution in [0.2, 0.25) is 0 Å². The molecule has 224 valence electrons. The SMILES string of the molecule is C=C(C)C(=O)OCC1OC(OC)[C@@H](NC(C)=O)[C@@H](OC2OC(C(=O)NCc3ccoc3)[C@@H](OC)[C@H](O)[C@@H]2O)[C@@H]1O. The van der Waals surface area contributed by atoms with Crippen LogP contribution in [0.4, 0.5) is 0 Å². The molecular formula is C25H36N2O13. The lowest BCUT2D eigenvalue weighted by Crippen LogP contribution is -2.68. The number of furan rings is 1. The van der Waals surface area contributed by atoms with Gasteiger partial charge in [0.25, 0.3) is 5.91 Å². The Balaban J connectivity index is 1.82. The van der Waals surface area contributed by atoms with Crippen LogP contribution in [0, 0.1) is 0 Å². The Hall–Kier alpha value is -2.89. The molecule has 3 rings (SSSR count). The Kier molecular flexibility index (Phi) is 11.2. The van der Waals surface area contributed by atoms with Gasteiger partial charge in [0.15, 0.2) is 18.7 Å². The van der Waals surface area contributed by atoms with Crippen LogP contribution in [0.15, 0.2) is 35.2 Å². The molecule has 2 aliphatic rings. The molecule has 3 heterocycles. The number of aliphatic hydroxyl groups excluding tert-OH is 3. The first-order chi connectivity index (χ1) is 19.0. The fraction of sp³-hybridized carbons (Fsp3) is 0.640. The summed E-state index contributed by atoms with van der Waals surface area (Å²) in [5, 5.41) is 37.9. The first kappa shape index (κ1) is 31.6. The van der Waals surface area contributed by atoms with E-state index in [0.29, 0.717) is 5.56 Å². The second kappa shape index (κ2) is 14.1. The second-order valence-electron chi connectivity index (χ2n) is 9.43. The van der Waals surface area contributed by atoms with E-state index in [1.54, 1.807) is 6.07 Å². The number of hydrogen-bond donors (Lipinski definition) is 5. The van der Waals surface area contributed by atoms with Crippen molar-refractivity contribution >= 4 is 17.8 Å². The Morgan fingerprint density at radius 2 is 1.73 bits per heavy atom. The zero-order chi connectivity index (χ0) is 29.6. The molecule has 2 saturated heterocycles. The van der Waals surface area contributed by atoms with Crippen molar-refractivity contribution in [2.75, 3.05) is 20.8 Å². The van der Waals surface area contributed by atoms with Crippen LogP contribution in [0.3, 0.4) is 0 Å². The van der Waals surface area contributed by atoms with Gasteiger partial charge in [0.2, 0.25) is 5.91 Å². The van der Waals surface area contributed by atoms with E-state index < -0.39 is 85.7 Å². The van der Waals surface area contributed by atoms with Gasteiger partial charge in [-0.1, -0.05) is 6.58 Å². The minimum absolute atomic E-state index is 0.0825. The van der Waals surface area contributed by atoms with Crippen molar-refractivity contribution in [1.29, 1.82) is 0 Å². The smallest absolute Gasteiger partial charge is 0.333 e. The van der Waals surface area contributed by atoms with E-state index in [2.05, 4.69) is 17.2 Å². The maximum absolute atomic E-state index is 13.0. The van der Waals surface area contributed by atoms with Gasteiger partial charge in [0.05, 0.1) is 12.5 Å². The summed E-state index contributed by atoms with van der Waals surface area (Å²) in [5.41, 5.74) is 0.786. The molecule has 0 saturated carbocycles. The van der Waals surface area contributed by atoms with Crippen molar-refractivity contribution in [2.24, 2.45) is 0 Å². The number of carbonyl (C=O) groups is 3. The Morgan fingerprint density at radius 3 is 2.30 bits per heavy atom. The van der Waals surface area contributed by atoms with Crippen molar-refractivity contribution in [3.63, 3.8) is 0 Å². The quantitative estimate of drug-likeness (QED) is 0.145. The number of aliphatic hydroxyl groups is 3. The number of nitrogens with one attached hydrogen (secondary N) is 2. The molecular weight excluding hydrogens is 536 g/mol. The molecule has 1 aromatic rings. The summed E-state index contributed by atoms with van der Waals surface area (Å²) in [7, 11) is 2.51. The van der Waals surface area contributed by atoms with Crippen LogP contribution in [-0.4, -0.2) is 115 Å². The first-order valence-electron chi connectivity index (χ1n) is 12.4. The van der Waals surface area contributed by atoms with Gasteiger partial charge in [-0.3, -0.25) is 9.59 Å². The predicted octanol–water partition coefficient (Wildman–Crippen LogP) is -1.90. The second-order valence-corrected chi connectivity index (χ2v) is 9.43. The maximum atomic E-state index is 13.0. The molecule has 15 heteroatoms. The molecule has 2 fully saturated rings. The lowest BCUT2D eigenvalue weighted by atomic mass is 9.95. The minimum Gasteiger partial charge on any atom is -0.472 e. The molecule has 5 N–H and O–H groups in total. The number of esters is 1. The molecule has 15 nitrogen and oxygen atoms in total. The third-order valence-electron chi connectivity index (χ3n) is 6.42. The van der Waals surface area contributed by atoms with Crippen molar-refractivity contribution in [3.8, 4) is 0 Å². The Bertz CT molecular complexity index is 1020. The van der Waals surface area contributed by atoms with E-state index in [4.69, 9.17) is 32.8 Å². The lowest BCUT2D eigenvalue weighted by molar-refractivity contribution is -0.338. The van der Waals surface area contributed by atoms with Crippen molar-refractivity contribution in [2.45, 2.75) is 81.7 Å². The standard InChI is InChI=1S/C25H36N2O13/c1-11(2)23(33)37-10-14-16(29)19(15(27-12(3)28)24(35-5)38-14)39-25-18(31)17(30)20(34-4)21(40-25)22(32)26-8-13-6-7-36-9-13/h6-7,9,14-21,24-25,29-31H,1,8,10H2,2-5H3,(H,26,32)(H,27,28)/t14?,15-,16+,17+,18-,19+,20-,21?,24?,25?/m0/s1. The highest BCUT2D eigenvalue weighted by Gasteiger charge is 2.53. The van der Waals surface area contributed by atoms with Crippen LogP contribution in [0.25, 0.3) is 0 Å². The highest BCUT2D eigenvalue weighted by atomic mass is 16.7. The molecule has 0 radical (unpaired) electrons. The van der Waals surface area contributed by atoms with Gasteiger partial charge >= 0.3 is 5.97 Å². The third-order valence-corrected chi connectivity index (χ3v) is 6.42. The van der Waals surface area contributed by atoms with Gasteiger partial charge < -0.3 is 58.8 Å². The zero-order valence-electron chi connectivity index (χ0n) is 22.6. The van der Waals surface area contributed by atoms with Gasteiger partial charge in [-0.05, 0) is 13.0 Å². The van der Waals surface area contributed by atoms with Crippen molar-refractivity contribution in [3.05, 3.63) is 36.3 Å². The molecule has 1 aromatic heterocycles. The average Bonchev–Trinajstić information content (AvgIpc) is 3.44. The first-order valence-corrected chi connectivity index (χ1v) is 12.4. The zero-order valence-corrected chi connectivity index (χ0v) is 22.6. The highest BCUT2D eigenvalue weighted by Crippen LogP contribution is 2.30. The number of methoxy groups -OCH3 is 2. The third kappa shape index (κ3) is 7.44. The molecule has 4 unspecified atom stereocenters. The van der Waals surface area contributed by atoms with E-state index in [9.17, 15) is 29.7 Å². The number of ether oxygens (including phenoxy) is 6. The molecule has 10 atom stereocenters. The van der Waals surface area contributed by atoms with Crippen molar-refractivity contribution < 1.29 is 62.5 Å². The van der Waals surface area contributed by atoms with Gasteiger partial charge in [-0.15, -0.1) is 0 Å². The van der Waals surface area contributed by atoms with Gasteiger partial charge in [0.1, 0.15) is 49.3 Å². The minimum atomic E-state index is -1.74. The summed E-state index contributed by atoms with van der Waals surface area (Å²) < 4.78 is 38.0. The molecule has 2 amide bonds. The van der Waals surface area contributed by atoms with E-state index in [-0.39, 0.29) is 12.1 Å². The van der Waals surface area contributed by atoms with E-state index in [1.807, 2.05) is 0 Å². The fourth-order valence-electron chi connectivity index (χ4n) is 4.35. The molecule has 40 heavy (non-hydrogen) atoms.